The van der Waals surface area contributed by atoms with Crippen LogP contribution in [0.2, 0.25) is 0 Å². The number of hydrogen-bond donors (Lipinski definition) is 3. The van der Waals surface area contributed by atoms with Crippen LogP contribution in [-0.2, 0) is 0 Å². The summed E-state index contributed by atoms with van der Waals surface area (Å²) in [6, 6.07) is 5.74. The Balaban J connectivity index is 0. The van der Waals surface area contributed by atoms with Crippen molar-refractivity contribution in [2.45, 2.75) is 0 Å². The minimum atomic E-state index is -1.74. The molecule has 7 heteroatoms. The van der Waals surface area contributed by atoms with Gasteiger partial charge in [0.2, 0.25) is 0 Å². The van der Waals surface area contributed by atoms with E-state index < -0.39 is 13.1 Å². The first kappa shape index (κ1) is 16.1. The first-order chi connectivity index (χ1) is 5.63. The Labute approximate surface area is 103 Å². The molecule has 0 saturated carbocycles. The van der Waals surface area contributed by atoms with Gasteiger partial charge in [-0.1, -0.05) is 18.2 Å². The van der Waals surface area contributed by atoms with Crippen molar-refractivity contribution >= 4 is 48.1 Å². The average molecular weight is 207 g/mol. The van der Waals surface area contributed by atoms with Gasteiger partial charge >= 0.3 is 13.1 Å². The zero-order valence-corrected chi connectivity index (χ0v) is 9.64. The standard InChI is InChI=1S/C7H7BO4.Na.H2O/c9-7(10)5-3-1-2-4-6(5)8(11)12;;/h1-4,11-12H,(H,9,10);;1H2. The Bertz CT molecular complexity index is 304. The van der Waals surface area contributed by atoms with Crippen LogP contribution in [0.4, 0.5) is 0 Å². The Kier molecular flexibility index (Phi) is 8.04. The van der Waals surface area contributed by atoms with E-state index in [0.29, 0.717) is 0 Å². The number of benzene rings is 1. The molecule has 0 saturated heterocycles. The van der Waals surface area contributed by atoms with E-state index in [1.807, 2.05) is 0 Å². The van der Waals surface area contributed by atoms with Crippen LogP contribution in [0.3, 0.4) is 0 Å². The van der Waals surface area contributed by atoms with Gasteiger partial charge in [-0.25, -0.2) is 4.79 Å². The molecule has 0 spiro atoms. The molecule has 0 aliphatic carbocycles. The maximum absolute atomic E-state index is 10.5. The molecule has 5 nitrogen and oxygen atoms in total. The molecule has 0 aromatic heterocycles. The van der Waals surface area contributed by atoms with Gasteiger partial charge in [-0.3, -0.25) is 0 Å². The zero-order valence-electron chi connectivity index (χ0n) is 7.64. The van der Waals surface area contributed by atoms with E-state index >= 15 is 0 Å². The Hall–Kier alpha value is -0.365. The number of carbonyl (C=O) groups is 1. The molecule has 0 unspecified atom stereocenters. The van der Waals surface area contributed by atoms with E-state index in [0.717, 1.165) is 0 Å². The summed E-state index contributed by atoms with van der Waals surface area (Å²) in [6.45, 7) is 0. The van der Waals surface area contributed by atoms with Crippen molar-refractivity contribution in [3.63, 3.8) is 0 Å². The van der Waals surface area contributed by atoms with Crippen LogP contribution in [0.5, 0.6) is 0 Å². The number of carboxylic acid groups (broad SMARTS) is 1. The Morgan fingerprint density at radius 2 is 1.71 bits per heavy atom. The third kappa shape index (κ3) is 3.79. The number of aromatic carboxylic acids is 1. The summed E-state index contributed by atoms with van der Waals surface area (Å²) in [5.41, 5.74) is -0.0856. The molecule has 0 aliphatic rings. The summed E-state index contributed by atoms with van der Waals surface area (Å²) < 4.78 is 0. The van der Waals surface area contributed by atoms with E-state index in [1.54, 1.807) is 6.07 Å². The van der Waals surface area contributed by atoms with Crippen molar-refractivity contribution in [3.8, 4) is 0 Å². The molecule has 1 aromatic rings. The molecule has 1 rings (SSSR count). The smallest absolute Gasteiger partial charge is 0.478 e. The maximum atomic E-state index is 10.5. The van der Waals surface area contributed by atoms with Crippen LogP contribution in [0.25, 0.3) is 0 Å². The van der Waals surface area contributed by atoms with Crippen LogP contribution < -0.4 is 5.46 Å². The van der Waals surface area contributed by atoms with Crippen molar-refractivity contribution < 1.29 is 25.4 Å². The minimum Gasteiger partial charge on any atom is -0.478 e. The molecular weight excluding hydrogens is 198 g/mol. The monoisotopic (exact) mass is 207 g/mol. The number of hydrogen-bond acceptors (Lipinski definition) is 3. The average Bonchev–Trinajstić information content (AvgIpc) is 2.04. The summed E-state index contributed by atoms with van der Waals surface area (Å²) in [5.74, 6) is -1.17. The summed E-state index contributed by atoms with van der Waals surface area (Å²) >= 11 is 0. The van der Waals surface area contributed by atoms with Gasteiger partial charge in [-0.2, -0.15) is 0 Å². The molecule has 0 amide bonds. The van der Waals surface area contributed by atoms with Crippen LogP contribution in [0.15, 0.2) is 24.3 Å². The number of rotatable bonds is 2. The fourth-order valence-corrected chi connectivity index (χ4v) is 0.917. The summed E-state index contributed by atoms with van der Waals surface area (Å²) in [4.78, 5) is 10.5. The largest absolute Gasteiger partial charge is 0.489 e. The van der Waals surface area contributed by atoms with Crippen LogP contribution in [0.1, 0.15) is 10.4 Å². The Morgan fingerprint density at radius 1 is 1.21 bits per heavy atom. The molecular formula is C7H9BNaO5. The quantitative estimate of drug-likeness (QED) is 0.480. The van der Waals surface area contributed by atoms with Gasteiger partial charge in [0, 0.05) is 29.6 Å². The number of carboxylic acids is 1. The second-order valence-corrected chi connectivity index (χ2v) is 2.27. The van der Waals surface area contributed by atoms with E-state index in [9.17, 15) is 4.79 Å². The zero-order chi connectivity index (χ0) is 9.14. The van der Waals surface area contributed by atoms with Crippen molar-refractivity contribution in [2.24, 2.45) is 0 Å². The molecule has 0 bridgehead atoms. The molecule has 14 heavy (non-hydrogen) atoms. The first-order valence-electron chi connectivity index (χ1n) is 3.31. The van der Waals surface area contributed by atoms with Crippen molar-refractivity contribution in [3.05, 3.63) is 29.8 Å². The fourth-order valence-electron chi connectivity index (χ4n) is 0.917. The Morgan fingerprint density at radius 3 is 2.07 bits per heavy atom. The summed E-state index contributed by atoms with van der Waals surface area (Å²) in [6.07, 6.45) is 0. The van der Waals surface area contributed by atoms with Gasteiger partial charge in [-0.15, -0.1) is 0 Å². The molecule has 1 aromatic carbocycles. The SMILES string of the molecule is O.O=C(O)c1ccccc1B(O)O.[Na]. The van der Waals surface area contributed by atoms with E-state index in [-0.39, 0.29) is 46.1 Å². The first-order valence-corrected chi connectivity index (χ1v) is 3.31. The van der Waals surface area contributed by atoms with Crippen LogP contribution >= 0.6 is 0 Å². The molecule has 0 fully saturated rings. The molecule has 0 heterocycles. The van der Waals surface area contributed by atoms with Gasteiger partial charge < -0.3 is 20.6 Å². The maximum Gasteiger partial charge on any atom is 0.489 e. The summed E-state index contributed by atoms with van der Waals surface area (Å²) in [7, 11) is -1.74. The summed E-state index contributed by atoms with van der Waals surface area (Å²) in [5, 5.41) is 26.1. The molecule has 0 aliphatic heterocycles. The minimum absolute atomic E-state index is 0. The predicted molar refractivity (Wildman–Crippen MR) is 52.6 cm³/mol. The molecule has 1 radical (unpaired) electrons. The third-order valence-corrected chi connectivity index (χ3v) is 1.47. The van der Waals surface area contributed by atoms with E-state index in [1.165, 1.54) is 18.2 Å². The van der Waals surface area contributed by atoms with Gasteiger partial charge in [0.1, 0.15) is 0 Å². The second-order valence-electron chi connectivity index (χ2n) is 2.27. The second kappa shape index (κ2) is 7.00. The normalized spacial score (nSPS) is 8.14. The molecule has 0 atom stereocenters. The van der Waals surface area contributed by atoms with Crippen molar-refractivity contribution in [1.82, 2.24) is 0 Å². The molecule has 71 valence electrons. The van der Waals surface area contributed by atoms with Gasteiger partial charge in [-0.05, 0) is 11.5 Å². The van der Waals surface area contributed by atoms with Gasteiger partial charge in [0.05, 0.1) is 5.56 Å². The van der Waals surface area contributed by atoms with E-state index in [4.69, 9.17) is 15.2 Å². The molecule has 5 N–H and O–H groups in total. The van der Waals surface area contributed by atoms with Gasteiger partial charge in [0.15, 0.2) is 0 Å². The van der Waals surface area contributed by atoms with E-state index in [2.05, 4.69) is 0 Å². The fraction of sp³-hybridized carbons (Fsp3) is 0. The predicted octanol–water partition coefficient (Wildman–Crippen LogP) is -2.14. The topological polar surface area (TPSA) is 109 Å². The van der Waals surface area contributed by atoms with Crippen molar-refractivity contribution in [2.75, 3.05) is 0 Å². The van der Waals surface area contributed by atoms with Crippen LogP contribution in [0, 0.1) is 0 Å². The van der Waals surface area contributed by atoms with Crippen LogP contribution in [-0.4, -0.2) is 63.3 Å². The van der Waals surface area contributed by atoms with Crippen molar-refractivity contribution in [1.29, 1.82) is 0 Å². The van der Waals surface area contributed by atoms with Gasteiger partial charge in [0.25, 0.3) is 0 Å². The third-order valence-electron chi connectivity index (χ3n) is 1.47.